The van der Waals surface area contributed by atoms with Gasteiger partial charge in [0.25, 0.3) is 0 Å². The van der Waals surface area contributed by atoms with Crippen LogP contribution in [0.4, 0.5) is 0 Å². The number of hydrogen-bond donors (Lipinski definition) is 1. The van der Waals surface area contributed by atoms with Gasteiger partial charge in [-0.15, -0.1) is 11.8 Å². The maximum Gasteiger partial charge on any atom is 0.0232 e. The predicted molar refractivity (Wildman–Crippen MR) is 87.0 cm³/mol. The van der Waals surface area contributed by atoms with Crippen molar-refractivity contribution in [2.24, 2.45) is 0 Å². The number of hydrogen-bond acceptors (Lipinski definition) is 2. The molecule has 0 saturated heterocycles. The lowest BCUT2D eigenvalue weighted by molar-refractivity contribution is 0.687. The smallest absolute Gasteiger partial charge is 0.0232 e. The van der Waals surface area contributed by atoms with Crippen molar-refractivity contribution in [2.45, 2.75) is 43.0 Å². The van der Waals surface area contributed by atoms with Crippen LogP contribution in [0.1, 0.15) is 29.5 Å². The fraction of sp³-hybridized carbons (Fsp3) is 0.333. The molecule has 1 aliphatic rings. The van der Waals surface area contributed by atoms with Gasteiger partial charge in [-0.3, -0.25) is 0 Å². The molecule has 0 heterocycles. The first-order valence-electron chi connectivity index (χ1n) is 7.30. The molecule has 2 heteroatoms. The number of benzene rings is 2. The van der Waals surface area contributed by atoms with Crippen LogP contribution in [0.3, 0.4) is 0 Å². The second-order valence-corrected chi connectivity index (χ2v) is 6.63. The van der Waals surface area contributed by atoms with Gasteiger partial charge in [0, 0.05) is 23.2 Å². The van der Waals surface area contributed by atoms with E-state index in [1.165, 1.54) is 34.4 Å². The molecule has 1 aliphatic carbocycles. The van der Waals surface area contributed by atoms with Gasteiger partial charge in [0.15, 0.2) is 0 Å². The average Bonchev–Trinajstić information content (AvgIpc) is 3.28. The second-order valence-electron chi connectivity index (χ2n) is 5.58. The topological polar surface area (TPSA) is 12.0 Å². The summed E-state index contributed by atoms with van der Waals surface area (Å²) in [5, 5.41) is 3.55. The summed E-state index contributed by atoms with van der Waals surface area (Å²) in [6.45, 7) is 3.16. The lowest BCUT2D eigenvalue weighted by Gasteiger charge is -2.06. The normalized spacial score (nSPS) is 14.4. The lowest BCUT2D eigenvalue weighted by Crippen LogP contribution is -2.14. The third-order valence-corrected chi connectivity index (χ3v) is 4.67. The first-order valence-corrected chi connectivity index (χ1v) is 8.29. The molecule has 2 aromatic carbocycles. The van der Waals surface area contributed by atoms with Gasteiger partial charge < -0.3 is 5.32 Å². The number of nitrogens with one attached hydrogen (secondary N) is 1. The van der Waals surface area contributed by atoms with Crippen LogP contribution in [0.2, 0.25) is 0 Å². The number of aryl methyl sites for hydroxylation is 1. The number of rotatable bonds is 6. The maximum atomic E-state index is 3.55. The molecule has 3 rings (SSSR count). The fourth-order valence-electron chi connectivity index (χ4n) is 2.22. The van der Waals surface area contributed by atoms with Crippen molar-refractivity contribution in [1.82, 2.24) is 5.32 Å². The van der Waals surface area contributed by atoms with E-state index in [-0.39, 0.29) is 0 Å². The molecule has 1 saturated carbocycles. The fourth-order valence-corrected chi connectivity index (χ4v) is 3.06. The van der Waals surface area contributed by atoms with Crippen molar-refractivity contribution in [2.75, 3.05) is 0 Å². The summed E-state index contributed by atoms with van der Waals surface area (Å²) < 4.78 is 0. The molecule has 1 nitrogen and oxygen atoms in total. The highest BCUT2D eigenvalue weighted by Gasteiger charge is 2.19. The van der Waals surface area contributed by atoms with Crippen molar-refractivity contribution in [1.29, 1.82) is 0 Å². The Balaban J connectivity index is 1.52. The van der Waals surface area contributed by atoms with Crippen LogP contribution in [0.25, 0.3) is 0 Å². The molecule has 0 unspecified atom stereocenters. The van der Waals surface area contributed by atoms with Gasteiger partial charge in [0.05, 0.1) is 0 Å². The molecule has 2 aromatic rings. The minimum Gasteiger partial charge on any atom is -0.310 e. The summed E-state index contributed by atoms with van der Waals surface area (Å²) in [5.41, 5.74) is 4.12. The Morgan fingerprint density at radius 1 is 1.05 bits per heavy atom. The zero-order valence-corrected chi connectivity index (χ0v) is 12.7. The van der Waals surface area contributed by atoms with E-state index >= 15 is 0 Å². The summed E-state index contributed by atoms with van der Waals surface area (Å²) >= 11 is 1.91. The van der Waals surface area contributed by atoms with E-state index in [2.05, 4.69) is 60.8 Å². The van der Waals surface area contributed by atoms with Gasteiger partial charge >= 0.3 is 0 Å². The Kier molecular flexibility index (Phi) is 4.44. The SMILES string of the molecule is Cc1cccc(CSc2ccc(CNC3CC3)cc2)c1. The molecule has 20 heavy (non-hydrogen) atoms. The molecule has 0 bridgehead atoms. The van der Waals surface area contributed by atoms with Crippen LogP contribution in [0, 0.1) is 6.92 Å². The summed E-state index contributed by atoms with van der Waals surface area (Å²) in [6, 6.07) is 18.5. The first kappa shape index (κ1) is 13.7. The Morgan fingerprint density at radius 3 is 2.55 bits per heavy atom. The predicted octanol–water partition coefficient (Wildman–Crippen LogP) is 4.54. The van der Waals surface area contributed by atoms with Crippen LogP contribution >= 0.6 is 11.8 Å². The quantitative estimate of drug-likeness (QED) is 0.781. The van der Waals surface area contributed by atoms with E-state index in [1.54, 1.807) is 0 Å². The monoisotopic (exact) mass is 283 g/mol. The van der Waals surface area contributed by atoms with Crippen LogP contribution < -0.4 is 5.32 Å². The average molecular weight is 283 g/mol. The highest BCUT2D eigenvalue weighted by molar-refractivity contribution is 7.98. The van der Waals surface area contributed by atoms with E-state index in [4.69, 9.17) is 0 Å². The maximum absolute atomic E-state index is 3.55. The van der Waals surface area contributed by atoms with E-state index in [9.17, 15) is 0 Å². The van der Waals surface area contributed by atoms with Gasteiger partial charge in [0.2, 0.25) is 0 Å². The molecule has 104 valence electrons. The van der Waals surface area contributed by atoms with E-state index in [0.29, 0.717) is 0 Å². The lowest BCUT2D eigenvalue weighted by atomic mass is 10.2. The van der Waals surface area contributed by atoms with E-state index < -0.39 is 0 Å². The zero-order chi connectivity index (χ0) is 13.8. The summed E-state index contributed by atoms with van der Waals surface area (Å²) in [5.74, 6) is 1.04. The van der Waals surface area contributed by atoms with Crippen LogP contribution in [-0.2, 0) is 12.3 Å². The Hall–Kier alpha value is -1.25. The van der Waals surface area contributed by atoms with Gasteiger partial charge in [-0.25, -0.2) is 0 Å². The molecule has 0 atom stereocenters. The third-order valence-electron chi connectivity index (χ3n) is 3.58. The van der Waals surface area contributed by atoms with E-state index in [1.807, 2.05) is 11.8 Å². The van der Waals surface area contributed by atoms with Crippen molar-refractivity contribution in [3.05, 3.63) is 65.2 Å². The van der Waals surface area contributed by atoms with Gasteiger partial charge in [0.1, 0.15) is 0 Å². The Bertz CT molecular complexity index is 558. The van der Waals surface area contributed by atoms with Crippen molar-refractivity contribution in [3.63, 3.8) is 0 Å². The Labute approximate surface area is 125 Å². The highest BCUT2D eigenvalue weighted by atomic mass is 32.2. The standard InChI is InChI=1S/C18H21NS/c1-14-3-2-4-16(11-14)13-20-18-9-5-15(6-10-18)12-19-17-7-8-17/h2-6,9-11,17,19H,7-8,12-13H2,1H3. The minimum absolute atomic E-state index is 0.783. The summed E-state index contributed by atoms with van der Waals surface area (Å²) in [4.78, 5) is 1.35. The third kappa shape index (κ3) is 4.12. The largest absolute Gasteiger partial charge is 0.310 e. The molecule has 0 amide bonds. The molecule has 0 spiro atoms. The molecular formula is C18H21NS. The molecular weight excluding hydrogens is 262 g/mol. The van der Waals surface area contributed by atoms with Crippen molar-refractivity contribution in [3.8, 4) is 0 Å². The number of thioether (sulfide) groups is 1. The van der Waals surface area contributed by atoms with Crippen LogP contribution in [0.5, 0.6) is 0 Å². The van der Waals surface area contributed by atoms with Crippen LogP contribution in [-0.4, -0.2) is 6.04 Å². The molecule has 0 aliphatic heterocycles. The van der Waals surface area contributed by atoms with Gasteiger partial charge in [-0.1, -0.05) is 42.0 Å². The van der Waals surface area contributed by atoms with Crippen LogP contribution in [0.15, 0.2) is 53.4 Å². The molecule has 0 radical (unpaired) electrons. The van der Waals surface area contributed by atoms with E-state index in [0.717, 1.165) is 18.3 Å². The minimum atomic E-state index is 0.783. The Morgan fingerprint density at radius 2 is 1.85 bits per heavy atom. The van der Waals surface area contributed by atoms with Gasteiger partial charge in [-0.2, -0.15) is 0 Å². The van der Waals surface area contributed by atoms with Crippen molar-refractivity contribution >= 4 is 11.8 Å². The molecule has 1 N–H and O–H groups in total. The zero-order valence-electron chi connectivity index (χ0n) is 11.9. The molecule has 1 fully saturated rings. The summed E-state index contributed by atoms with van der Waals surface area (Å²) in [7, 11) is 0. The van der Waals surface area contributed by atoms with Gasteiger partial charge in [-0.05, 0) is 43.0 Å². The first-order chi connectivity index (χ1) is 9.79. The molecule has 0 aromatic heterocycles. The second kappa shape index (κ2) is 6.47. The highest BCUT2D eigenvalue weighted by Crippen LogP contribution is 2.24. The van der Waals surface area contributed by atoms with Crippen molar-refractivity contribution < 1.29 is 0 Å². The summed E-state index contributed by atoms with van der Waals surface area (Å²) in [6.07, 6.45) is 2.70.